The Balaban J connectivity index is 4.28. The minimum atomic E-state index is -0.762. The van der Waals surface area contributed by atoms with Gasteiger partial charge < -0.3 is 14.2 Å². The van der Waals surface area contributed by atoms with Crippen LogP contribution in [0.2, 0.25) is 0 Å². The zero-order chi connectivity index (χ0) is 47.4. The summed E-state index contributed by atoms with van der Waals surface area (Å²) in [4.78, 5) is 38.1. The van der Waals surface area contributed by atoms with Gasteiger partial charge in [0.05, 0.1) is 0 Å². The van der Waals surface area contributed by atoms with Crippen molar-refractivity contribution < 1.29 is 28.6 Å². The van der Waals surface area contributed by atoms with Gasteiger partial charge in [0.15, 0.2) is 6.10 Å². The first-order chi connectivity index (χ1) is 31.9. The minimum absolute atomic E-state index is 0.0620. The summed E-state index contributed by atoms with van der Waals surface area (Å²) in [5.41, 5.74) is 0. The van der Waals surface area contributed by atoms with Crippen molar-refractivity contribution >= 4 is 17.9 Å². The maximum absolute atomic E-state index is 12.9. The fraction of sp³-hybridized carbons (Fsp3) is 0.949. The maximum atomic E-state index is 12.9. The van der Waals surface area contributed by atoms with Crippen molar-refractivity contribution in [2.24, 2.45) is 5.92 Å². The molecule has 0 rings (SSSR count). The normalized spacial score (nSPS) is 12.0. The van der Waals surface area contributed by atoms with Crippen molar-refractivity contribution in [1.29, 1.82) is 0 Å². The molecule has 65 heavy (non-hydrogen) atoms. The molecule has 0 fully saturated rings. The molecule has 0 radical (unpaired) electrons. The molecule has 386 valence electrons. The van der Waals surface area contributed by atoms with Gasteiger partial charge >= 0.3 is 17.9 Å². The van der Waals surface area contributed by atoms with E-state index in [0.717, 1.165) is 63.7 Å². The second kappa shape index (κ2) is 53.4. The van der Waals surface area contributed by atoms with Crippen LogP contribution in [0.4, 0.5) is 0 Å². The molecule has 0 spiro atoms. The minimum Gasteiger partial charge on any atom is -0.462 e. The number of esters is 3. The van der Waals surface area contributed by atoms with Gasteiger partial charge in [-0.25, -0.2) is 0 Å². The van der Waals surface area contributed by atoms with Crippen molar-refractivity contribution in [3.63, 3.8) is 0 Å². The van der Waals surface area contributed by atoms with Gasteiger partial charge in [-0.3, -0.25) is 14.4 Å². The largest absolute Gasteiger partial charge is 0.462 e. The number of hydrogen-bond donors (Lipinski definition) is 0. The molecule has 6 nitrogen and oxygen atoms in total. The van der Waals surface area contributed by atoms with Crippen LogP contribution in [0, 0.1) is 5.92 Å². The molecule has 0 aliphatic heterocycles. The molecule has 0 heterocycles. The van der Waals surface area contributed by atoms with Crippen LogP contribution >= 0.6 is 0 Å². The first kappa shape index (κ1) is 63.4. The molecular weight excluding hydrogens is 805 g/mol. The highest BCUT2D eigenvalue weighted by atomic mass is 16.6. The molecule has 0 aromatic carbocycles. The van der Waals surface area contributed by atoms with E-state index in [4.69, 9.17) is 14.2 Å². The summed E-state index contributed by atoms with van der Waals surface area (Å²) >= 11 is 0. The lowest BCUT2D eigenvalue weighted by Gasteiger charge is -2.18. The lowest BCUT2D eigenvalue weighted by molar-refractivity contribution is -0.167. The first-order valence-corrected chi connectivity index (χ1v) is 29.4. The Morgan fingerprint density at radius 3 is 0.754 bits per heavy atom. The third-order valence-electron chi connectivity index (χ3n) is 13.5. The Labute approximate surface area is 406 Å². The lowest BCUT2D eigenvalue weighted by atomic mass is 10.0. The topological polar surface area (TPSA) is 78.9 Å². The molecule has 0 aliphatic rings. The summed E-state index contributed by atoms with van der Waals surface area (Å²) in [5.74, 6) is -0.0170. The Hall–Kier alpha value is -1.59. The summed E-state index contributed by atoms with van der Waals surface area (Å²) in [5, 5.41) is 0. The van der Waals surface area contributed by atoms with E-state index >= 15 is 0 Å². The van der Waals surface area contributed by atoms with Crippen LogP contribution in [-0.4, -0.2) is 37.2 Å². The van der Waals surface area contributed by atoms with Gasteiger partial charge in [-0.05, 0) is 25.2 Å². The smallest absolute Gasteiger partial charge is 0.306 e. The van der Waals surface area contributed by atoms with E-state index in [-0.39, 0.29) is 31.1 Å². The van der Waals surface area contributed by atoms with E-state index in [1.165, 1.54) is 231 Å². The Kier molecular flexibility index (Phi) is 52.1. The monoisotopic (exact) mass is 919 g/mol. The second-order valence-corrected chi connectivity index (χ2v) is 20.8. The van der Waals surface area contributed by atoms with Crippen LogP contribution in [0.5, 0.6) is 0 Å². The number of rotatable bonds is 54. The van der Waals surface area contributed by atoms with Crippen LogP contribution in [0.1, 0.15) is 336 Å². The average Bonchev–Trinajstić information content (AvgIpc) is 3.29. The van der Waals surface area contributed by atoms with E-state index in [1.54, 1.807) is 0 Å². The fourth-order valence-corrected chi connectivity index (χ4v) is 9.10. The van der Waals surface area contributed by atoms with E-state index in [1.807, 2.05) is 0 Å². The molecular formula is C59H114O6. The molecule has 0 amide bonds. The summed E-state index contributed by atoms with van der Waals surface area (Å²) in [7, 11) is 0. The summed E-state index contributed by atoms with van der Waals surface area (Å²) in [6.45, 7) is 9.05. The van der Waals surface area contributed by atoms with Crippen molar-refractivity contribution in [3.05, 3.63) is 0 Å². The van der Waals surface area contributed by atoms with E-state index < -0.39 is 6.10 Å². The van der Waals surface area contributed by atoms with Crippen molar-refractivity contribution in [3.8, 4) is 0 Å². The molecule has 0 N–H and O–H groups in total. The summed E-state index contributed by atoms with van der Waals surface area (Å²) in [6.07, 6.45) is 58.1. The van der Waals surface area contributed by atoms with Gasteiger partial charge in [0.25, 0.3) is 0 Å². The zero-order valence-electron chi connectivity index (χ0n) is 44.5. The van der Waals surface area contributed by atoms with Gasteiger partial charge in [-0.2, -0.15) is 0 Å². The van der Waals surface area contributed by atoms with Crippen molar-refractivity contribution in [2.75, 3.05) is 13.2 Å². The first-order valence-electron chi connectivity index (χ1n) is 29.4. The Morgan fingerprint density at radius 1 is 0.292 bits per heavy atom. The number of hydrogen-bond acceptors (Lipinski definition) is 6. The number of ether oxygens (including phenoxy) is 3. The van der Waals surface area contributed by atoms with Crippen LogP contribution in [0.15, 0.2) is 0 Å². The number of unbranched alkanes of at least 4 members (excludes halogenated alkanes) is 41. The zero-order valence-corrected chi connectivity index (χ0v) is 44.5. The molecule has 6 heteroatoms. The quantitative estimate of drug-likeness (QED) is 0.0344. The summed E-state index contributed by atoms with van der Waals surface area (Å²) < 4.78 is 16.9. The Morgan fingerprint density at radius 2 is 0.508 bits per heavy atom. The number of carbonyl (C=O) groups excluding carboxylic acids is 3. The highest BCUT2D eigenvalue weighted by molar-refractivity contribution is 5.71. The highest BCUT2D eigenvalue weighted by Crippen LogP contribution is 2.18. The van der Waals surface area contributed by atoms with Crippen LogP contribution in [0.25, 0.3) is 0 Å². The third-order valence-corrected chi connectivity index (χ3v) is 13.5. The molecule has 0 aromatic heterocycles. The van der Waals surface area contributed by atoms with E-state index in [9.17, 15) is 14.4 Å². The van der Waals surface area contributed by atoms with E-state index in [0.29, 0.717) is 19.3 Å². The van der Waals surface area contributed by atoms with Gasteiger partial charge in [-0.1, -0.05) is 297 Å². The highest BCUT2D eigenvalue weighted by Gasteiger charge is 2.19. The fourth-order valence-electron chi connectivity index (χ4n) is 9.10. The Bertz CT molecular complexity index is 980. The van der Waals surface area contributed by atoms with Crippen LogP contribution in [-0.2, 0) is 28.6 Å². The molecule has 0 saturated heterocycles. The third kappa shape index (κ3) is 53.2. The molecule has 0 aliphatic carbocycles. The standard InChI is InChI=1S/C59H114O6/c1-5-7-9-11-13-15-17-19-21-22-23-24-26-28-30-36-40-44-48-52-59(62)65-56(54-64-58(61)51-47-43-39-35-32-31-33-37-41-45-49-55(3)4)53-63-57(60)50-46-42-38-34-29-27-25-20-18-16-14-12-10-8-6-2/h55-56H,5-54H2,1-4H3/t56-/m1/s1. The SMILES string of the molecule is CCCCCCCCCCCCCCCCCCCCCC(=O)O[C@H](COC(=O)CCCCCCCCCCCCCCCCC)COC(=O)CCCCCCCCCCCCC(C)C. The van der Waals surface area contributed by atoms with E-state index in [2.05, 4.69) is 27.7 Å². The molecule has 0 bridgehead atoms. The molecule has 1 atom stereocenters. The molecule has 0 unspecified atom stereocenters. The summed E-state index contributed by atoms with van der Waals surface area (Å²) in [6, 6.07) is 0. The lowest BCUT2D eigenvalue weighted by Crippen LogP contribution is -2.30. The van der Waals surface area contributed by atoms with Crippen LogP contribution in [0.3, 0.4) is 0 Å². The predicted octanol–water partition coefficient (Wildman–Crippen LogP) is 19.4. The molecule has 0 aromatic rings. The predicted molar refractivity (Wildman–Crippen MR) is 280 cm³/mol. The van der Waals surface area contributed by atoms with Gasteiger partial charge in [-0.15, -0.1) is 0 Å². The maximum Gasteiger partial charge on any atom is 0.306 e. The second-order valence-electron chi connectivity index (χ2n) is 20.8. The van der Waals surface area contributed by atoms with Crippen molar-refractivity contribution in [2.45, 2.75) is 342 Å². The molecule has 0 saturated carbocycles. The average molecular weight is 920 g/mol. The van der Waals surface area contributed by atoms with Crippen LogP contribution < -0.4 is 0 Å². The number of carbonyl (C=O) groups is 3. The van der Waals surface area contributed by atoms with Crippen molar-refractivity contribution in [1.82, 2.24) is 0 Å². The van der Waals surface area contributed by atoms with Gasteiger partial charge in [0.2, 0.25) is 0 Å². The van der Waals surface area contributed by atoms with Gasteiger partial charge in [0, 0.05) is 19.3 Å². The van der Waals surface area contributed by atoms with Gasteiger partial charge in [0.1, 0.15) is 13.2 Å².